The lowest BCUT2D eigenvalue weighted by Gasteiger charge is -1.96. The minimum Gasteiger partial charge on any atom is -0.471 e. The maximum Gasteiger partial charge on any atom is 0.159 e. The van der Waals surface area contributed by atoms with E-state index in [1.54, 1.807) is 0 Å². The summed E-state index contributed by atoms with van der Waals surface area (Å²) in [6.45, 7) is 0.527. The molecule has 0 saturated heterocycles. The molecule has 0 unspecified atom stereocenters. The molecule has 2 nitrogen and oxygen atoms in total. The van der Waals surface area contributed by atoms with Gasteiger partial charge >= 0.3 is 0 Å². The Morgan fingerprint density at radius 1 is 1.50 bits per heavy atom. The number of para-hydroxylation sites is 1. The van der Waals surface area contributed by atoms with Crippen LogP contribution in [0.5, 0.6) is 5.75 Å². The molecule has 1 aliphatic rings. The normalized spacial score (nSPS) is 13.7. The molecule has 0 saturated carbocycles. The van der Waals surface area contributed by atoms with E-state index in [2.05, 4.69) is 5.32 Å². The first-order chi connectivity index (χ1) is 4.88. The largest absolute Gasteiger partial charge is 0.471 e. The number of hydrogen-bond acceptors (Lipinski definition) is 2. The first kappa shape index (κ1) is 5.86. The minimum absolute atomic E-state index is 0.527. The van der Waals surface area contributed by atoms with Gasteiger partial charge in [-0.15, -0.1) is 0 Å². The van der Waals surface area contributed by atoms with E-state index in [9.17, 15) is 0 Å². The van der Waals surface area contributed by atoms with Crippen molar-refractivity contribution in [3.63, 3.8) is 0 Å². The van der Waals surface area contributed by atoms with E-state index in [0.717, 1.165) is 16.5 Å². The highest BCUT2D eigenvalue weighted by Gasteiger charge is 2.12. The lowest BCUT2D eigenvalue weighted by atomic mass is 10.3. The summed E-state index contributed by atoms with van der Waals surface area (Å²) in [5.41, 5.74) is 0.907. The standard InChI is InChI=1S/C7H6ClNO/c8-5-2-1-3-6-7(5)9-4-10-6/h1-3,9H,4H2. The third kappa shape index (κ3) is 0.727. The first-order valence-electron chi connectivity index (χ1n) is 3.03. The summed E-state index contributed by atoms with van der Waals surface area (Å²) in [5, 5.41) is 3.73. The van der Waals surface area contributed by atoms with E-state index in [-0.39, 0.29) is 0 Å². The first-order valence-corrected chi connectivity index (χ1v) is 3.41. The predicted octanol–water partition coefficient (Wildman–Crippen LogP) is 2.10. The Bertz CT molecular complexity index is 262. The average molecular weight is 156 g/mol. The van der Waals surface area contributed by atoms with Crippen LogP contribution in [0, 0.1) is 0 Å². The second-order valence-corrected chi connectivity index (χ2v) is 2.49. The molecule has 1 heterocycles. The van der Waals surface area contributed by atoms with Crippen LogP contribution in [0.2, 0.25) is 5.02 Å². The Morgan fingerprint density at radius 3 is 3.20 bits per heavy atom. The van der Waals surface area contributed by atoms with Gasteiger partial charge in [0.2, 0.25) is 0 Å². The van der Waals surface area contributed by atoms with Crippen LogP contribution in [0.15, 0.2) is 18.2 Å². The van der Waals surface area contributed by atoms with Crippen molar-refractivity contribution in [2.75, 3.05) is 12.0 Å². The van der Waals surface area contributed by atoms with Gasteiger partial charge in [-0.3, -0.25) is 0 Å². The van der Waals surface area contributed by atoms with E-state index in [1.165, 1.54) is 0 Å². The molecule has 0 amide bonds. The Hall–Kier alpha value is -0.890. The Labute approximate surface area is 63.8 Å². The molecular formula is C7H6ClNO. The number of hydrogen-bond donors (Lipinski definition) is 1. The molecule has 1 aliphatic heterocycles. The van der Waals surface area contributed by atoms with Crippen LogP contribution in [0.3, 0.4) is 0 Å². The van der Waals surface area contributed by atoms with E-state index in [0.29, 0.717) is 6.73 Å². The topological polar surface area (TPSA) is 21.3 Å². The van der Waals surface area contributed by atoms with Crippen LogP contribution in [-0.2, 0) is 0 Å². The molecule has 52 valence electrons. The summed E-state index contributed by atoms with van der Waals surface area (Å²) in [4.78, 5) is 0. The molecule has 0 spiro atoms. The number of ether oxygens (including phenoxy) is 1. The van der Waals surface area contributed by atoms with Crippen molar-refractivity contribution in [1.82, 2.24) is 0 Å². The fourth-order valence-electron chi connectivity index (χ4n) is 0.982. The van der Waals surface area contributed by atoms with Gasteiger partial charge in [0.1, 0.15) is 5.75 Å². The maximum absolute atomic E-state index is 5.83. The van der Waals surface area contributed by atoms with E-state index < -0.39 is 0 Å². The van der Waals surface area contributed by atoms with Gasteiger partial charge in [0.05, 0.1) is 10.7 Å². The van der Waals surface area contributed by atoms with Crippen LogP contribution in [0.25, 0.3) is 0 Å². The summed E-state index contributed by atoms with van der Waals surface area (Å²) in [5.74, 6) is 0.840. The summed E-state index contributed by atoms with van der Waals surface area (Å²) in [6, 6.07) is 5.59. The van der Waals surface area contributed by atoms with Crippen LogP contribution < -0.4 is 10.1 Å². The van der Waals surface area contributed by atoms with E-state index in [1.807, 2.05) is 18.2 Å². The highest BCUT2D eigenvalue weighted by molar-refractivity contribution is 6.33. The lowest BCUT2D eigenvalue weighted by molar-refractivity contribution is 0.372. The highest BCUT2D eigenvalue weighted by Crippen LogP contribution is 2.35. The molecule has 1 N–H and O–H groups in total. The number of benzene rings is 1. The van der Waals surface area contributed by atoms with Crippen molar-refractivity contribution in [3.05, 3.63) is 23.2 Å². The van der Waals surface area contributed by atoms with E-state index in [4.69, 9.17) is 16.3 Å². The summed E-state index contributed by atoms with van der Waals surface area (Å²) in [6.07, 6.45) is 0. The van der Waals surface area contributed by atoms with Crippen LogP contribution in [-0.4, -0.2) is 6.73 Å². The number of anilines is 1. The number of halogens is 1. The molecule has 2 rings (SSSR count). The Morgan fingerprint density at radius 2 is 2.40 bits per heavy atom. The Kier molecular flexibility index (Phi) is 1.21. The number of fused-ring (bicyclic) bond motifs is 1. The van der Waals surface area contributed by atoms with Crippen molar-refractivity contribution in [1.29, 1.82) is 0 Å². The number of nitrogens with one attached hydrogen (secondary N) is 1. The maximum atomic E-state index is 5.83. The molecule has 0 aromatic heterocycles. The van der Waals surface area contributed by atoms with Gasteiger partial charge in [-0.1, -0.05) is 17.7 Å². The molecule has 0 aliphatic carbocycles. The van der Waals surface area contributed by atoms with Crippen molar-refractivity contribution >= 4 is 17.3 Å². The van der Waals surface area contributed by atoms with Gasteiger partial charge in [-0.05, 0) is 12.1 Å². The summed E-state index contributed by atoms with van der Waals surface area (Å²) in [7, 11) is 0. The summed E-state index contributed by atoms with van der Waals surface area (Å²) < 4.78 is 5.18. The zero-order chi connectivity index (χ0) is 6.97. The third-order valence-electron chi connectivity index (χ3n) is 1.45. The van der Waals surface area contributed by atoms with Crippen LogP contribution in [0.1, 0.15) is 0 Å². The SMILES string of the molecule is Clc1cccc2c1NCO2. The van der Waals surface area contributed by atoms with Crippen molar-refractivity contribution in [2.45, 2.75) is 0 Å². The van der Waals surface area contributed by atoms with Gasteiger partial charge in [0.25, 0.3) is 0 Å². The van der Waals surface area contributed by atoms with Gasteiger partial charge in [0.15, 0.2) is 6.73 Å². The fourth-order valence-corrected chi connectivity index (χ4v) is 1.21. The molecule has 0 radical (unpaired) electrons. The zero-order valence-electron chi connectivity index (χ0n) is 5.23. The second kappa shape index (κ2) is 2.06. The average Bonchev–Trinajstić information content (AvgIpc) is 2.36. The summed E-state index contributed by atoms with van der Waals surface area (Å²) >= 11 is 5.83. The van der Waals surface area contributed by atoms with Crippen LogP contribution in [0.4, 0.5) is 5.69 Å². The molecule has 1 aromatic carbocycles. The highest BCUT2D eigenvalue weighted by atomic mass is 35.5. The molecule has 0 atom stereocenters. The van der Waals surface area contributed by atoms with Crippen molar-refractivity contribution < 1.29 is 4.74 Å². The molecule has 3 heteroatoms. The smallest absolute Gasteiger partial charge is 0.159 e. The fraction of sp³-hybridized carbons (Fsp3) is 0.143. The van der Waals surface area contributed by atoms with E-state index >= 15 is 0 Å². The molecular weight excluding hydrogens is 150 g/mol. The molecule has 0 bridgehead atoms. The van der Waals surface area contributed by atoms with Crippen LogP contribution >= 0.6 is 11.6 Å². The number of rotatable bonds is 0. The molecule has 0 fully saturated rings. The lowest BCUT2D eigenvalue weighted by Crippen LogP contribution is -1.96. The second-order valence-electron chi connectivity index (χ2n) is 2.08. The Balaban J connectivity index is 2.59. The molecule has 10 heavy (non-hydrogen) atoms. The van der Waals surface area contributed by atoms with Gasteiger partial charge in [0, 0.05) is 0 Å². The quantitative estimate of drug-likeness (QED) is 0.620. The van der Waals surface area contributed by atoms with Gasteiger partial charge < -0.3 is 10.1 Å². The predicted molar refractivity (Wildman–Crippen MR) is 40.6 cm³/mol. The third-order valence-corrected chi connectivity index (χ3v) is 1.77. The minimum atomic E-state index is 0.527. The monoisotopic (exact) mass is 155 g/mol. The molecule has 1 aromatic rings. The van der Waals surface area contributed by atoms with Crippen molar-refractivity contribution in [2.24, 2.45) is 0 Å². The van der Waals surface area contributed by atoms with Crippen molar-refractivity contribution in [3.8, 4) is 5.75 Å². The van der Waals surface area contributed by atoms with Gasteiger partial charge in [-0.2, -0.15) is 0 Å². The zero-order valence-corrected chi connectivity index (χ0v) is 5.98. The van der Waals surface area contributed by atoms with Gasteiger partial charge in [-0.25, -0.2) is 0 Å².